The minimum Gasteiger partial charge on any atom is -0.496 e. The van der Waals surface area contributed by atoms with Gasteiger partial charge in [0.05, 0.1) is 37.0 Å². The number of hydrogen-bond acceptors (Lipinski definition) is 8. The van der Waals surface area contributed by atoms with Crippen LogP contribution >= 0.6 is 11.3 Å². The van der Waals surface area contributed by atoms with E-state index < -0.39 is 11.6 Å². The predicted octanol–water partition coefficient (Wildman–Crippen LogP) is 6.36. The Balaban J connectivity index is 1.30. The standard InChI is InChI=1S/C36H45N3O5S/c1-26-30(27-10-4-3-5-11-27)13-8-14-36(26,44-19-9-15-38-17-20-43-21-18-38)35-37-31-24-32(42-2)28(22-33(31)45-35)25-39-16-7-6-12-29(39)23-34(40)41/h3-5,8,10-11,13-14,22,24,26,29H,6-7,9,12,15-21,23,25H2,1-2H3,(H,40,41). The first-order valence-corrected chi connectivity index (χ1v) is 17.1. The van der Waals surface area contributed by atoms with Crippen molar-refractivity contribution in [2.24, 2.45) is 5.92 Å². The van der Waals surface area contributed by atoms with Crippen molar-refractivity contribution in [1.29, 1.82) is 0 Å². The molecular weight excluding hydrogens is 586 g/mol. The number of ether oxygens (including phenoxy) is 3. The second-order valence-corrected chi connectivity index (χ2v) is 13.4. The van der Waals surface area contributed by atoms with Crippen molar-refractivity contribution in [3.05, 3.63) is 76.8 Å². The van der Waals surface area contributed by atoms with Gasteiger partial charge in [0, 0.05) is 56.4 Å². The van der Waals surface area contributed by atoms with Gasteiger partial charge in [-0.1, -0.05) is 55.8 Å². The van der Waals surface area contributed by atoms with Gasteiger partial charge in [-0.3, -0.25) is 14.6 Å². The minimum atomic E-state index is -0.741. The Bertz CT molecular complexity index is 1520. The fourth-order valence-electron chi connectivity index (χ4n) is 7.03. The Morgan fingerprint density at radius 3 is 2.76 bits per heavy atom. The molecule has 3 heterocycles. The van der Waals surface area contributed by atoms with Gasteiger partial charge >= 0.3 is 5.97 Å². The van der Waals surface area contributed by atoms with E-state index in [2.05, 4.69) is 71.3 Å². The molecule has 0 bridgehead atoms. The van der Waals surface area contributed by atoms with Gasteiger partial charge in [-0.15, -0.1) is 11.3 Å². The summed E-state index contributed by atoms with van der Waals surface area (Å²) in [6.07, 6.45) is 10.7. The molecule has 0 amide bonds. The SMILES string of the molecule is COc1cc2nc(C3(OCCCN4CCOCC4)C=CC=C(c4ccccc4)C3C)sc2cc1CN1CCCCC1CC(=O)O. The highest BCUT2D eigenvalue weighted by molar-refractivity contribution is 7.18. The zero-order chi connectivity index (χ0) is 31.2. The molecule has 9 heteroatoms. The second-order valence-electron chi connectivity index (χ2n) is 12.4. The molecule has 3 aliphatic rings. The quantitative estimate of drug-likeness (QED) is 0.231. The molecule has 2 fully saturated rings. The van der Waals surface area contributed by atoms with Crippen LogP contribution in [0.1, 0.15) is 55.2 Å². The van der Waals surface area contributed by atoms with Crippen LogP contribution in [0.5, 0.6) is 5.75 Å². The van der Waals surface area contributed by atoms with E-state index in [9.17, 15) is 9.90 Å². The number of rotatable bonds is 12. The lowest BCUT2D eigenvalue weighted by molar-refractivity contribution is -0.138. The predicted molar refractivity (Wildman–Crippen MR) is 179 cm³/mol. The number of morpholine rings is 1. The maximum absolute atomic E-state index is 11.6. The Hall–Kier alpha value is -3.08. The van der Waals surface area contributed by atoms with Crippen LogP contribution in [-0.2, 0) is 26.4 Å². The van der Waals surface area contributed by atoms with Crippen LogP contribution < -0.4 is 4.74 Å². The molecule has 0 saturated carbocycles. The third-order valence-electron chi connectivity index (χ3n) is 9.56. The van der Waals surface area contributed by atoms with Gasteiger partial charge in [0.15, 0.2) is 0 Å². The Morgan fingerprint density at radius 1 is 1.16 bits per heavy atom. The number of thiazole rings is 1. The van der Waals surface area contributed by atoms with E-state index in [1.165, 1.54) is 11.1 Å². The molecule has 3 aromatic rings. The number of carboxylic acids is 1. The third kappa shape index (κ3) is 7.18. The highest BCUT2D eigenvalue weighted by Gasteiger charge is 2.43. The summed E-state index contributed by atoms with van der Waals surface area (Å²) in [5, 5.41) is 10.5. The first kappa shape index (κ1) is 31.9. The summed E-state index contributed by atoms with van der Waals surface area (Å²) >= 11 is 1.69. The van der Waals surface area contributed by atoms with Crippen molar-refractivity contribution < 1.29 is 24.1 Å². The molecule has 8 nitrogen and oxygen atoms in total. The van der Waals surface area contributed by atoms with Gasteiger partial charge in [0.25, 0.3) is 0 Å². The van der Waals surface area contributed by atoms with Crippen molar-refractivity contribution in [2.75, 3.05) is 53.1 Å². The molecule has 0 radical (unpaired) electrons. The summed E-state index contributed by atoms with van der Waals surface area (Å²) < 4.78 is 19.5. The number of hydrogen-bond donors (Lipinski definition) is 1. The summed E-state index contributed by atoms with van der Waals surface area (Å²) in [5.74, 6) is 0.0900. The summed E-state index contributed by atoms with van der Waals surface area (Å²) in [6, 6.07) is 14.8. The third-order valence-corrected chi connectivity index (χ3v) is 10.7. The number of carbonyl (C=O) groups is 1. The van der Waals surface area contributed by atoms with E-state index in [1.807, 2.05) is 6.07 Å². The van der Waals surface area contributed by atoms with Crippen molar-refractivity contribution >= 4 is 33.1 Å². The molecule has 3 unspecified atom stereocenters. The number of allylic oxidation sites excluding steroid dienone is 2. The van der Waals surface area contributed by atoms with Crippen molar-refractivity contribution in [3.63, 3.8) is 0 Å². The molecule has 2 saturated heterocycles. The van der Waals surface area contributed by atoms with E-state index in [-0.39, 0.29) is 18.4 Å². The summed E-state index contributed by atoms with van der Waals surface area (Å²) in [4.78, 5) is 21.6. The number of methoxy groups -OCH3 is 1. The Kier molecular flexibility index (Phi) is 10.3. The zero-order valence-corrected chi connectivity index (χ0v) is 27.3. The topological polar surface area (TPSA) is 84.4 Å². The minimum absolute atomic E-state index is 0.0410. The maximum atomic E-state index is 11.6. The highest BCUT2D eigenvalue weighted by atomic mass is 32.1. The van der Waals surface area contributed by atoms with Gasteiger partial charge in [-0.2, -0.15) is 0 Å². The summed E-state index contributed by atoms with van der Waals surface area (Å²) in [6.45, 7) is 8.95. The normalized spacial score (nSPS) is 24.5. The van der Waals surface area contributed by atoms with Crippen LogP contribution in [0.25, 0.3) is 15.8 Å². The fourth-order valence-corrected chi connectivity index (χ4v) is 8.26. The van der Waals surface area contributed by atoms with Gasteiger partial charge in [0.2, 0.25) is 0 Å². The second kappa shape index (κ2) is 14.6. The monoisotopic (exact) mass is 631 g/mol. The summed E-state index contributed by atoms with van der Waals surface area (Å²) in [5.41, 5.74) is 3.68. The number of aliphatic carboxylic acids is 1. The van der Waals surface area contributed by atoms with Crippen molar-refractivity contribution in [3.8, 4) is 5.75 Å². The largest absolute Gasteiger partial charge is 0.496 e. The van der Waals surface area contributed by atoms with Crippen molar-refractivity contribution in [1.82, 2.24) is 14.8 Å². The van der Waals surface area contributed by atoms with E-state index in [1.54, 1.807) is 18.4 Å². The van der Waals surface area contributed by atoms with Crippen LogP contribution in [0.3, 0.4) is 0 Å². The molecular formula is C36H45N3O5S. The number of carboxylic acid groups (broad SMARTS) is 1. The lowest BCUT2D eigenvalue weighted by atomic mass is 9.77. The number of likely N-dealkylation sites (tertiary alicyclic amines) is 1. The van der Waals surface area contributed by atoms with E-state index in [4.69, 9.17) is 19.2 Å². The zero-order valence-electron chi connectivity index (χ0n) is 26.5. The average Bonchev–Trinajstić information content (AvgIpc) is 3.48. The number of piperidine rings is 1. The molecule has 2 aromatic carbocycles. The van der Waals surface area contributed by atoms with Crippen LogP contribution in [0.2, 0.25) is 0 Å². The van der Waals surface area contributed by atoms with Crippen molar-refractivity contribution in [2.45, 2.75) is 57.2 Å². The molecule has 45 heavy (non-hydrogen) atoms. The van der Waals surface area contributed by atoms with Crippen LogP contribution in [-0.4, -0.2) is 85.0 Å². The molecule has 240 valence electrons. The number of fused-ring (bicyclic) bond motifs is 1. The van der Waals surface area contributed by atoms with E-state index >= 15 is 0 Å². The number of benzene rings is 2. The summed E-state index contributed by atoms with van der Waals surface area (Å²) in [7, 11) is 1.70. The van der Waals surface area contributed by atoms with Crippen LogP contribution in [0, 0.1) is 5.92 Å². The molecule has 1 N–H and O–H groups in total. The smallest absolute Gasteiger partial charge is 0.304 e. The number of nitrogens with zero attached hydrogens (tertiary/aromatic N) is 3. The van der Waals surface area contributed by atoms with E-state index in [0.29, 0.717) is 13.2 Å². The average molecular weight is 632 g/mol. The van der Waals surface area contributed by atoms with Crippen LogP contribution in [0.15, 0.2) is 60.7 Å². The molecule has 0 spiro atoms. The highest BCUT2D eigenvalue weighted by Crippen LogP contribution is 2.48. The molecule has 1 aromatic heterocycles. The lowest BCUT2D eigenvalue weighted by Gasteiger charge is -2.38. The fraction of sp³-hybridized carbons (Fsp3) is 0.500. The maximum Gasteiger partial charge on any atom is 0.304 e. The number of aromatic nitrogens is 1. The van der Waals surface area contributed by atoms with Gasteiger partial charge in [0.1, 0.15) is 16.4 Å². The molecule has 3 atom stereocenters. The van der Waals surface area contributed by atoms with Gasteiger partial charge < -0.3 is 19.3 Å². The van der Waals surface area contributed by atoms with E-state index in [0.717, 1.165) is 91.6 Å². The Morgan fingerprint density at radius 2 is 1.98 bits per heavy atom. The van der Waals surface area contributed by atoms with Gasteiger partial charge in [-0.25, -0.2) is 4.98 Å². The van der Waals surface area contributed by atoms with Crippen LogP contribution in [0.4, 0.5) is 0 Å². The molecule has 2 aliphatic heterocycles. The lowest BCUT2D eigenvalue weighted by Crippen LogP contribution is -2.40. The first-order valence-electron chi connectivity index (χ1n) is 16.3. The molecule has 1 aliphatic carbocycles. The Labute approximate surface area is 270 Å². The molecule has 6 rings (SSSR count). The first-order chi connectivity index (χ1) is 22.0. The van der Waals surface area contributed by atoms with Gasteiger partial charge in [-0.05, 0) is 49.1 Å².